The standard InChI is InChI=1S/C23H22ClN3O3/c1-4-9-27-22(14-7-6-8-15(11-14)30-5-2)19-20(25-26-21(19)23(27)29)16-12-17(24)13(3)10-18(16)28/h4,6-8,10-12,22,28H,1,5,9H2,2-3H3,(H,25,26). The fourth-order valence-electron chi connectivity index (χ4n) is 3.87. The SMILES string of the molecule is C=CCN1C(=O)c2[nH]nc(-c3cc(Cl)c(C)cc3O)c2C1c1cccc(OCC)c1. The number of ether oxygens (including phenoxy) is 1. The third kappa shape index (κ3) is 3.23. The number of aromatic amines is 1. The number of phenols is 1. The second kappa shape index (κ2) is 7.88. The van der Waals surface area contributed by atoms with Crippen molar-refractivity contribution in [1.29, 1.82) is 0 Å². The number of fused-ring (bicyclic) bond motifs is 1. The van der Waals surface area contributed by atoms with Crippen molar-refractivity contribution in [3.63, 3.8) is 0 Å². The molecule has 154 valence electrons. The number of hydrogen-bond donors (Lipinski definition) is 2. The van der Waals surface area contributed by atoms with Gasteiger partial charge in [0.2, 0.25) is 0 Å². The summed E-state index contributed by atoms with van der Waals surface area (Å²) in [4.78, 5) is 14.8. The van der Waals surface area contributed by atoms with E-state index in [9.17, 15) is 9.90 Å². The molecule has 30 heavy (non-hydrogen) atoms. The Hall–Kier alpha value is -3.25. The van der Waals surface area contributed by atoms with Gasteiger partial charge in [-0.3, -0.25) is 9.89 Å². The smallest absolute Gasteiger partial charge is 0.273 e. The van der Waals surface area contributed by atoms with Gasteiger partial charge in [0.1, 0.15) is 22.9 Å². The zero-order valence-corrected chi connectivity index (χ0v) is 17.5. The molecule has 3 aromatic rings. The van der Waals surface area contributed by atoms with E-state index in [1.165, 1.54) is 0 Å². The molecule has 1 atom stereocenters. The number of hydrogen-bond acceptors (Lipinski definition) is 4. The van der Waals surface area contributed by atoms with E-state index in [2.05, 4.69) is 16.8 Å². The highest BCUT2D eigenvalue weighted by molar-refractivity contribution is 6.31. The summed E-state index contributed by atoms with van der Waals surface area (Å²) in [6.45, 7) is 8.44. The van der Waals surface area contributed by atoms with Crippen molar-refractivity contribution in [2.24, 2.45) is 0 Å². The number of aromatic nitrogens is 2. The van der Waals surface area contributed by atoms with Gasteiger partial charge in [-0.25, -0.2) is 0 Å². The number of nitrogens with one attached hydrogen (secondary N) is 1. The molecule has 0 radical (unpaired) electrons. The maximum absolute atomic E-state index is 13.1. The summed E-state index contributed by atoms with van der Waals surface area (Å²) in [5.41, 5.74) is 3.71. The van der Waals surface area contributed by atoms with E-state index in [1.807, 2.05) is 38.1 Å². The molecule has 6 nitrogen and oxygen atoms in total. The van der Waals surface area contributed by atoms with Gasteiger partial charge >= 0.3 is 0 Å². The molecular weight excluding hydrogens is 402 g/mol. The number of carbonyl (C=O) groups excluding carboxylic acids is 1. The lowest BCUT2D eigenvalue weighted by Gasteiger charge is -2.25. The first kappa shape index (κ1) is 20.0. The van der Waals surface area contributed by atoms with Gasteiger partial charge in [-0.15, -0.1) is 6.58 Å². The number of phenolic OH excluding ortho intramolecular Hbond substituents is 1. The van der Waals surface area contributed by atoms with Gasteiger partial charge in [-0.1, -0.05) is 29.8 Å². The molecular formula is C23H22ClN3O3. The fourth-order valence-corrected chi connectivity index (χ4v) is 4.04. The lowest BCUT2D eigenvalue weighted by Crippen LogP contribution is -2.29. The summed E-state index contributed by atoms with van der Waals surface area (Å²) in [6, 6.07) is 10.5. The molecule has 1 aliphatic rings. The predicted octanol–water partition coefficient (Wildman–Crippen LogP) is 4.87. The highest BCUT2D eigenvalue weighted by atomic mass is 35.5. The van der Waals surface area contributed by atoms with Crippen molar-refractivity contribution < 1.29 is 14.6 Å². The van der Waals surface area contributed by atoms with E-state index >= 15 is 0 Å². The van der Waals surface area contributed by atoms with Gasteiger partial charge in [0, 0.05) is 22.7 Å². The Morgan fingerprint density at radius 3 is 2.90 bits per heavy atom. The third-order valence-corrected chi connectivity index (χ3v) is 5.61. The Morgan fingerprint density at radius 1 is 1.37 bits per heavy atom. The van der Waals surface area contributed by atoms with Crippen LogP contribution in [-0.4, -0.2) is 39.3 Å². The van der Waals surface area contributed by atoms with Crippen LogP contribution < -0.4 is 4.74 Å². The van der Waals surface area contributed by atoms with Crippen molar-refractivity contribution in [3.8, 4) is 22.8 Å². The first-order valence-corrected chi connectivity index (χ1v) is 10.1. The normalized spacial score (nSPS) is 15.4. The topological polar surface area (TPSA) is 78.5 Å². The Morgan fingerprint density at radius 2 is 2.17 bits per heavy atom. The first-order valence-electron chi connectivity index (χ1n) is 9.68. The van der Waals surface area contributed by atoms with Crippen LogP contribution >= 0.6 is 11.6 Å². The van der Waals surface area contributed by atoms with E-state index in [0.717, 1.165) is 16.9 Å². The Kier molecular flexibility index (Phi) is 5.26. The number of benzene rings is 2. The van der Waals surface area contributed by atoms with Crippen LogP contribution in [0.5, 0.6) is 11.5 Å². The Balaban J connectivity index is 1.91. The lowest BCUT2D eigenvalue weighted by atomic mass is 9.95. The molecule has 0 spiro atoms. The van der Waals surface area contributed by atoms with Crippen molar-refractivity contribution >= 4 is 17.5 Å². The molecule has 1 unspecified atom stereocenters. The van der Waals surface area contributed by atoms with Gasteiger partial charge < -0.3 is 14.7 Å². The zero-order chi connectivity index (χ0) is 21.4. The summed E-state index contributed by atoms with van der Waals surface area (Å²) < 4.78 is 5.66. The molecule has 1 aromatic heterocycles. The number of aromatic hydroxyl groups is 1. The number of aryl methyl sites for hydroxylation is 1. The van der Waals surface area contributed by atoms with Crippen molar-refractivity contribution in [2.75, 3.05) is 13.2 Å². The van der Waals surface area contributed by atoms with Crippen LogP contribution in [0, 0.1) is 6.92 Å². The molecule has 0 saturated carbocycles. The summed E-state index contributed by atoms with van der Waals surface area (Å²) in [5, 5.41) is 18.3. The first-order chi connectivity index (χ1) is 14.5. The van der Waals surface area contributed by atoms with Crippen molar-refractivity contribution in [3.05, 3.63) is 76.5 Å². The van der Waals surface area contributed by atoms with Crippen LogP contribution in [0.3, 0.4) is 0 Å². The van der Waals surface area contributed by atoms with Crippen LogP contribution in [-0.2, 0) is 0 Å². The van der Waals surface area contributed by atoms with Crippen LogP contribution in [0.15, 0.2) is 49.1 Å². The van der Waals surface area contributed by atoms with Gasteiger partial charge in [0.05, 0.1) is 12.6 Å². The minimum atomic E-state index is -0.404. The number of carbonyl (C=O) groups is 1. The summed E-state index contributed by atoms with van der Waals surface area (Å²) >= 11 is 6.31. The van der Waals surface area contributed by atoms with Crippen LogP contribution in [0.1, 0.15) is 40.1 Å². The molecule has 1 aliphatic heterocycles. The monoisotopic (exact) mass is 423 g/mol. The van der Waals surface area contributed by atoms with Crippen molar-refractivity contribution in [2.45, 2.75) is 19.9 Å². The van der Waals surface area contributed by atoms with Gasteiger partial charge in [0.15, 0.2) is 0 Å². The van der Waals surface area contributed by atoms with Gasteiger partial charge in [0.25, 0.3) is 5.91 Å². The number of nitrogens with zero attached hydrogens (tertiary/aromatic N) is 2. The average molecular weight is 424 g/mol. The minimum Gasteiger partial charge on any atom is -0.507 e. The number of halogens is 1. The molecule has 2 N–H and O–H groups in total. The predicted molar refractivity (Wildman–Crippen MR) is 116 cm³/mol. The molecule has 0 aliphatic carbocycles. The van der Waals surface area contributed by atoms with E-state index in [0.29, 0.717) is 40.7 Å². The molecule has 2 heterocycles. The lowest BCUT2D eigenvalue weighted by molar-refractivity contribution is 0.0764. The minimum absolute atomic E-state index is 0.0580. The van der Waals surface area contributed by atoms with Crippen LogP contribution in [0.2, 0.25) is 5.02 Å². The number of H-pyrrole nitrogens is 1. The molecule has 0 saturated heterocycles. The maximum atomic E-state index is 13.1. The second-order valence-corrected chi connectivity index (χ2v) is 7.54. The fraction of sp³-hybridized carbons (Fsp3) is 0.217. The maximum Gasteiger partial charge on any atom is 0.273 e. The van der Waals surface area contributed by atoms with Crippen LogP contribution in [0.25, 0.3) is 11.3 Å². The summed E-state index contributed by atoms with van der Waals surface area (Å²) in [6.07, 6.45) is 1.69. The molecule has 1 amide bonds. The Bertz CT molecular complexity index is 1140. The molecule has 0 bridgehead atoms. The van der Waals surface area contributed by atoms with Crippen LogP contribution in [0.4, 0.5) is 0 Å². The summed E-state index contributed by atoms with van der Waals surface area (Å²) in [5.74, 6) is 0.608. The summed E-state index contributed by atoms with van der Waals surface area (Å²) in [7, 11) is 0. The van der Waals surface area contributed by atoms with E-state index in [1.54, 1.807) is 23.1 Å². The largest absolute Gasteiger partial charge is 0.507 e. The molecule has 7 heteroatoms. The van der Waals surface area contributed by atoms with Crippen molar-refractivity contribution in [1.82, 2.24) is 15.1 Å². The second-order valence-electron chi connectivity index (χ2n) is 7.13. The highest BCUT2D eigenvalue weighted by Gasteiger charge is 2.42. The van der Waals surface area contributed by atoms with E-state index in [-0.39, 0.29) is 11.7 Å². The third-order valence-electron chi connectivity index (χ3n) is 5.21. The number of rotatable bonds is 6. The number of amides is 1. The van der Waals surface area contributed by atoms with Gasteiger partial charge in [-0.2, -0.15) is 5.10 Å². The molecule has 2 aromatic carbocycles. The average Bonchev–Trinajstić information content (AvgIpc) is 3.25. The van der Waals surface area contributed by atoms with E-state index in [4.69, 9.17) is 16.3 Å². The zero-order valence-electron chi connectivity index (χ0n) is 16.8. The molecule has 4 rings (SSSR count). The highest BCUT2D eigenvalue weighted by Crippen LogP contribution is 2.45. The van der Waals surface area contributed by atoms with Gasteiger partial charge in [-0.05, 0) is 49.2 Å². The quantitative estimate of drug-likeness (QED) is 0.554. The Labute approximate surface area is 179 Å². The van der Waals surface area contributed by atoms with E-state index < -0.39 is 6.04 Å². The molecule has 0 fully saturated rings.